The minimum absolute atomic E-state index is 0.407. The van der Waals surface area contributed by atoms with E-state index in [-0.39, 0.29) is 0 Å². The number of benzene rings is 2. The molecule has 1 fully saturated rings. The van der Waals surface area contributed by atoms with E-state index in [4.69, 9.17) is 13.7 Å². The van der Waals surface area contributed by atoms with Crippen LogP contribution in [-0.4, -0.2) is 18.3 Å². The molecule has 0 spiro atoms. The summed E-state index contributed by atoms with van der Waals surface area (Å²) < 4.78 is 19.3. The highest BCUT2D eigenvalue weighted by Gasteiger charge is 2.52. The molecule has 1 aromatic heterocycles. The third kappa shape index (κ3) is 3.38. The van der Waals surface area contributed by atoms with Gasteiger partial charge in [0.1, 0.15) is 11.2 Å². The molecule has 2 heterocycles. The lowest BCUT2D eigenvalue weighted by atomic mass is 9.69. The molecule has 2 unspecified atom stereocenters. The molecule has 0 N–H and O–H groups in total. The zero-order valence-electron chi connectivity index (χ0n) is 22.8. The Morgan fingerprint density at radius 1 is 0.795 bits per heavy atom. The molecule has 5 aliphatic rings. The Balaban J connectivity index is 1.31. The van der Waals surface area contributed by atoms with Crippen molar-refractivity contribution in [2.45, 2.75) is 45.3 Å². The molecule has 4 heteroatoms. The van der Waals surface area contributed by atoms with Crippen LogP contribution in [-0.2, 0) is 9.31 Å². The van der Waals surface area contributed by atoms with Gasteiger partial charge in [-0.3, -0.25) is 0 Å². The van der Waals surface area contributed by atoms with E-state index in [2.05, 4.69) is 107 Å². The molecular weight excluding hydrogens is 479 g/mol. The molecule has 39 heavy (non-hydrogen) atoms. The average Bonchev–Trinajstić information content (AvgIpc) is 3.20. The number of furan rings is 1. The second kappa shape index (κ2) is 7.97. The Morgan fingerprint density at radius 3 is 2.46 bits per heavy atom. The molecule has 0 amide bonds. The van der Waals surface area contributed by atoms with Gasteiger partial charge in [0.2, 0.25) is 0 Å². The van der Waals surface area contributed by atoms with Crippen molar-refractivity contribution in [3.63, 3.8) is 0 Å². The maximum atomic E-state index is 6.47. The van der Waals surface area contributed by atoms with Crippen LogP contribution < -0.4 is 5.46 Å². The zero-order valence-corrected chi connectivity index (χ0v) is 22.8. The molecule has 1 aliphatic heterocycles. The molecule has 3 aromatic rings. The van der Waals surface area contributed by atoms with Gasteiger partial charge in [-0.1, -0.05) is 72.9 Å². The SMILES string of the molecule is CC1(C)OB(c2cccc3oc4ccc(C5=C6C=CC7=CC=CC8=CC=C(C=C5)CC6C78)cc4c23)OC1(C)C. The van der Waals surface area contributed by atoms with Crippen LogP contribution in [0.3, 0.4) is 0 Å². The predicted molar refractivity (Wildman–Crippen MR) is 160 cm³/mol. The standard InChI is InChI=1S/C35H31BO3/c1-34(2)35(3,4)39-36(38-34)29-9-6-10-31-33(29)28-20-24(15-18-30(28)37-31)25-16-12-21-11-13-22-7-5-8-23-14-17-26(25)27(19-21)32(22)23/h5-18,20,27,32H,19H2,1-4H3. The van der Waals surface area contributed by atoms with Crippen molar-refractivity contribution in [1.82, 2.24) is 0 Å². The van der Waals surface area contributed by atoms with Crippen LogP contribution in [0.4, 0.5) is 0 Å². The van der Waals surface area contributed by atoms with Gasteiger partial charge in [-0.05, 0) is 97.1 Å². The molecule has 2 atom stereocenters. The molecule has 0 radical (unpaired) electrons. The molecule has 4 aliphatic carbocycles. The van der Waals surface area contributed by atoms with Crippen molar-refractivity contribution in [1.29, 1.82) is 0 Å². The summed E-state index contributed by atoms with van der Waals surface area (Å²) in [6, 6.07) is 12.8. The van der Waals surface area contributed by atoms with Gasteiger partial charge >= 0.3 is 7.12 Å². The summed E-state index contributed by atoms with van der Waals surface area (Å²) >= 11 is 0. The van der Waals surface area contributed by atoms with Crippen molar-refractivity contribution in [3.05, 3.63) is 119 Å². The van der Waals surface area contributed by atoms with E-state index in [1.807, 2.05) is 12.1 Å². The molecule has 192 valence electrons. The summed E-state index contributed by atoms with van der Waals surface area (Å²) in [4.78, 5) is 0. The summed E-state index contributed by atoms with van der Waals surface area (Å²) in [6.45, 7) is 8.39. The molecule has 0 saturated carbocycles. The van der Waals surface area contributed by atoms with Gasteiger partial charge in [0, 0.05) is 16.7 Å². The fourth-order valence-corrected chi connectivity index (χ4v) is 6.85. The van der Waals surface area contributed by atoms with Gasteiger partial charge in [0.25, 0.3) is 0 Å². The minimum atomic E-state index is -0.450. The van der Waals surface area contributed by atoms with Crippen molar-refractivity contribution in [2.75, 3.05) is 0 Å². The number of allylic oxidation sites excluding steroid dienone is 14. The van der Waals surface area contributed by atoms with Crippen LogP contribution >= 0.6 is 0 Å². The first kappa shape index (κ1) is 23.3. The third-order valence-electron chi connectivity index (χ3n) is 9.62. The monoisotopic (exact) mass is 510 g/mol. The van der Waals surface area contributed by atoms with E-state index in [0.29, 0.717) is 11.8 Å². The zero-order chi connectivity index (χ0) is 26.5. The minimum Gasteiger partial charge on any atom is -0.456 e. The lowest BCUT2D eigenvalue weighted by Gasteiger charge is -2.35. The van der Waals surface area contributed by atoms with Crippen molar-refractivity contribution in [2.24, 2.45) is 11.8 Å². The van der Waals surface area contributed by atoms with E-state index in [0.717, 1.165) is 33.8 Å². The Bertz CT molecular complexity index is 1780. The Labute approximate surface area is 229 Å². The van der Waals surface area contributed by atoms with E-state index < -0.39 is 18.3 Å². The number of fused-ring (bicyclic) bond motifs is 4. The van der Waals surface area contributed by atoms with Crippen molar-refractivity contribution >= 4 is 40.1 Å². The van der Waals surface area contributed by atoms with E-state index >= 15 is 0 Å². The first-order valence-electron chi connectivity index (χ1n) is 14.0. The fraction of sp³-hybridized carbons (Fsp3) is 0.257. The lowest BCUT2D eigenvalue weighted by Crippen LogP contribution is -2.41. The van der Waals surface area contributed by atoms with Gasteiger partial charge in [-0.2, -0.15) is 0 Å². The first-order valence-corrected chi connectivity index (χ1v) is 14.0. The van der Waals surface area contributed by atoms with E-state index in [9.17, 15) is 0 Å². The highest BCUT2D eigenvalue weighted by Crippen LogP contribution is 2.49. The second-order valence-corrected chi connectivity index (χ2v) is 12.4. The molecule has 2 aromatic carbocycles. The lowest BCUT2D eigenvalue weighted by molar-refractivity contribution is 0.00578. The Kier molecular flexibility index (Phi) is 4.76. The predicted octanol–water partition coefficient (Wildman–Crippen LogP) is 7.76. The Morgan fingerprint density at radius 2 is 1.62 bits per heavy atom. The summed E-state index contributed by atoms with van der Waals surface area (Å²) in [5.74, 6) is 0.834. The van der Waals surface area contributed by atoms with Gasteiger partial charge in [-0.15, -0.1) is 0 Å². The average molecular weight is 510 g/mol. The summed E-state index contributed by atoms with van der Waals surface area (Å²) in [6.07, 6.45) is 21.7. The van der Waals surface area contributed by atoms with E-state index in [1.54, 1.807) is 0 Å². The van der Waals surface area contributed by atoms with E-state index in [1.165, 1.54) is 33.4 Å². The number of hydrogen-bond donors (Lipinski definition) is 0. The number of hydrogen-bond acceptors (Lipinski definition) is 3. The molecular formula is C35H31BO3. The topological polar surface area (TPSA) is 31.6 Å². The second-order valence-electron chi connectivity index (χ2n) is 12.4. The summed E-state index contributed by atoms with van der Waals surface area (Å²) in [5, 5.41) is 2.17. The molecule has 1 saturated heterocycles. The molecule has 8 rings (SSSR count). The van der Waals surface area contributed by atoms with Gasteiger partial charge in [0.05, 0.1) is 11.2 Å². The number of rotatable bonds is 2. The Hall–Kier alpha value is -3.60. The van der Waals surface area contributed by atoms with Crippen molar-refractivity contribution < 1.29 is 13.7 Å². The van der Waals surface area contributed by atoms with Crippen molar-refractivity contribution in [3.8, 4) is 0 Å². The molecule has 3 nitrogen and oxygen atoms in total. The fourth-order valence-electron chi connectivity index (χ4n) is 6.85. The summed E-state index contributed by atoms with van der Waals surface area (Å²) in [5.41, 5.74) is 10.1. The maximum Gasteiger partial charge on any atom is 0.495 e. The van der Waals surface area contributed by atoms with Crippen LogP contribution in [0.25, 0.3) is 27.5 Å². The van der Waals surface area contributed by atoms with Gasteiger partial charge < -0.3 is 13.7 Å². The van der Waals surface area contributed by atoms with Crippen LogP contribution in [0.15, 0.2) is 118 Å². The highest BCUT2D eigenvalue weighted by molar-refractivity contribution is 6.66. The summed E-state index contributed by atoms with van der Waals surface area (Å²) in [7, 11) is -0.450. The highest BCUT2D eigenvalue weighted by atomic mass is 16.7. The third-order valence-corrected chi connectivity index (χ3v) is 9.62. The quantitative estimate of drug-likeness (QED) is 0.330. The van der Waals surface area contributed by atoms with Crippen LogP contribution in [0.1, 0.15) is 39.7 Å². The normalized spacial score (nSPS) is 26.1. The van der Waals surface area contributed by atoms with Crippen LogP contribution in [0.5, 0.6) is 0 Å². The smallest absolute Gasteiger partial charge is 0.456 e. The largest absolute Gasteiger partial charge is 0.495 e. The van der Waals surface area contributed by atoms with Crippen LogP contribution in [0.2, 0.25) is 0 Å². The van der Waals surface area contributed by atoms with Gasteiger partial charge in [0.15, 0.2) is 0 Å². The van der Waals surface area contributed by atoms with Crippen LogP contribution in [0, 0.1) is 11.8 Å². The van der Waals surface area contributed by atoms with Gasteiger partial charge in [-0.25, -0.2) is 0 Å². The molecule has 2 bridgehead atoms. The first-order chi connectivity index (χ1) is 18.8. The maximum absolute atomic E-state index is 6.47.